The first-order valence-electron chi connectivity index (χ1n) is 12.3. The summed E-state index contributed by atoms with van der Waals surface area (Å²) in [6.07, 6.45) is 4.44. The Bertz CT molecular complexity index is 1150. The number of piperazine rings is 1. The monoisotopic (exact) mass is 472 g/mol. The van der Waals surface area contributed by atoms with E-state index in [1.165, 1.54) is 6.42 Å². The number of carbonyl (C=O) groups excluding carboxylic acids is 1. The average molecular weight is 473 g/mol. The van der Waals surface area contributed by atoms with E-state index >= 15 is 0 Å². The molecule has 8 nitrogen and oxygen atoms in total. The number of amides is 1. The summed E-state index contributed by atoms with van der Waals surface area (Å²) >= 11 is 0. The second-order valence-corrected chi connectivity index (χ2v) is 9.28. The zero-order valence-corrected chi connectivity index (χ0v) is 20.0. The summed E-state index contributed by atoms with van der Waals surface area (Å²) in [7, 11) is 0. The molecule has 0 bridgehead atoms. The summed E-state index contributed by atoms with van der Waals surface area (Å²) in [6.45, 7) is 4.93. The van der Waals surface area contributed by atoms with Crippen LogP contribution in [0.3, 0.4) is 0 Å². The highest BCUT2D eigenvalue weighted by Gasteiger charge is 2.31. The van der Waals surface area contributed by atoms with Crippen molar-refractivity contribution in [1.82, 2.24) is 14.9 Å². The molecule has 1 amide bonds. The third-order valence-electron chi connectivity index (χ3n) is 6.72. The second-order valence-electron chi connectivity index (χ2n) is 9.28. The molecule has 1 saturated heterocycles. The Balaban J connectivity index is 1.22. The maximum atomic E-state index is 12.5. The normalized spacial score (nSPS) is 17.0. The Morgan fingerprint density at radius 1 is 1.03 bits per heavy atom. The maximum Gasteiger partial charge on any atom is 0.227 e. The molecule has 182 valence electrons. The number of hydrogen-bond donors (Lipinski definition) is 3. The molecule has 0 radical (unpaired) electrons. The number of benzene rings is 2. The molecule has 1 unspecified atom stereocenters. The third-order valence-corrected chi connectivity index (χ3v) is 6.72. The van der Waals surface area contributed by atoms with E-state index in [0.717, 1.165) is 67.3 Å². The lowest BCUT2D eigenvalue weighted by molar-refractivity contribution is -0.138. The summed E-state index contributed by atoms with van der Waals surface area (Å²) in [5, 5.41) is 15.8. The summed E-state index contributed by atoms with van der Waals surface area (Å²) in [6, 6.07) is 17.9. The maximum absolute atomic E-state index is 12.5. The highest BCUT2D eigenvalue weighted by atomic mass is 16.3. The minimum atomic E-state index is -0.606. The molecule has 2 aromatic carbocycles. The van der Waals surface area contributed by atoms with Crippen molar-refractivity contribution >= 4 is 28.9 Å². The van der Waals surface area contributed by atoms with E-state index in [-0.39, 0.29) is 5.92 Å². The van der Waals surface area contributed by atoms with Crippen molar-refractivity contribution in [3.8, 4) is 11.3 Å². The zero-order valence-electron chi connectivity index (χ0n) is 20.0. The van der Waals surface area contributed by atoms with Crippen molar-refractivity contribution in [2.24, 2.45) is 5.92 Å². The molecule has 5 rings (SSSR count). The number of rotatable bonds is 7. The van der Waals surface area contributed by atoms with Crippen LogP contribution in [0.2, 0.25) is 0 Å². The zero-order chi connectivity index (χ0) is 24.2. The van der Waals surface area contributed by atoms with E-state index < -0.39 is 6.23 Å². The van der Waals surface area contributed by atoms with Crippen molar-refractivity contribution < 1.29 is 9.90 Å². The topological polar surface area (TPSA) is 93.6 Å². The number of anilines is 4. The summed E-state index contributed by atoms with van der Waals surface area (Å²) in [5.41, 5.74) is 4.68. The lowest BCUT2D eigenvalue weighted by Crippen LogP contribution is -2.51. The van der Waals surface area contributed by atoms with E-state index in [1.54, 1.807) is 13.1 Å². The average Bonchev–Trinajstić information content (AvgIpc) is 2.83. The van der Waals surface area contributed by atoms with E-state index in [0.29, 0.717) is 11.9 Å². The predicted molar refractivity (Wildman–Crippen MR) is 139 cm³/mol. The Morgan fingerprint density at radius 3 is 2.49 bits per heavy atom. The van der Waals surface area contributed by atoms with Gasteiger partial charge >= 0.3 is 0 Å². The number of carbonyl (C=O) groups is 1. The van der Waals surface area contributed by atoms with Crippen molar-refractivity contribution in [2.45, 2.75) is 32.4 Å². The molecular weight excluding hydrogens is 440 g/mol. The van der Waals surface area contributed by atoms with Crippen LogP contribution in [0.4, 0.5) is 23.0 Å². The summed E-state index contributed by atoms with van der Waals surface area (Å²) in [5.74, 6) is 1.14. The van der Waals surface area contributed by atoms with Crippen LogP contribution in [0.1, 0.15) is 26.2 Å². The van der Waals surface area contributed by atoms with Gasteiger partial charge in [-0.15, -0.1) is 0 Å². The molecule has 1 aliphatic heterocycles. The van der Waals surface area contributed by atoms with Crippen molar-refractivity contribution in [1.29, 1.82) is 0 Å². The molecule has 2 aliphatic rings. The van der Waals surface area contributed by atoms with E-state index in [2.05, 4.69) is 37.6 Å². The second kappa shape index (κ2) is 10.3. The van der Waals surface area contributed by atoms with Crippen LogP contribution in [0.25, 0.3) is 11.3 Å². The van der Waals surface area contributed by atoms with Gasteiger partial charge in [0, 0.05) is 60.9 Å². The fraction of sp³-hybridized carbons (Fsp3) is 0.370. The van der Waals surface area contributed by atoms with E-state index in [4.69, 9.17) is 0 Å². The van der Waals surface area contributed by atoms with Crippen molar-refractivity contribution in [2.75, 3.05) is 41.7 Å². The molecule has 1 saturated carbocycles. The Kier molecular flexibility index (Phi) is 6.81. The Morgan fingerprint density at radius 2 is 1.80 bits per heavy atom. The predicted octanol–water partition coefficient (Wildman–Crippen LogP) is 4.09. The first kappa shape index (κ1) is 23.1. The van der Waals surface area contributed by atoms with Gasteiger partial charge in [0.2, 0.25) is 11.9 Å². The Hall–Kier alpha value is -3.65. The molecule has 3 aromatic rings. The number of aliphatic hydroxyl groups is 1. The lowest BCUT2D eigenvalue weighted by atomic mass is 9.84. The fourth-order valence-corrected chi connectivity index (χ4v) is 4.57. The van der Waals surface area contributed by atoms with Gasteiger partial charge < -0.3 is 25.5 Å². The molecule has 1 aliphatic carbocycles. The first-order chi connectivity index (χ1) is 17.0. The minimum absolute atomic E-state index is 0.267. The fourth-order valence-electron chi connectivity index (χ4n) is 4.57. The minimum Gasteiger partial charge on any atom is -0.374 e. The number of hydrogen-bond acceptors (Lipinski definition) is 7. The third kappa shape index (κ3) is 5.54. The summed E-state index contributed by atoms with van der Waals surface area (Å²) < 4.78 is 0. The quantitative estimate of drug-likeness (QED) is 0.446. The highest BCUT2D eigenvalue weighted by Crippen LogP contribution is 2.29. The molecule has 2 fully saturated rings. The van der Waals surface area contributed by atoms with Crippen LogP contribution in [0, 0.1) is 5.92 Å². The van der Waals surface area contributed by atoms with Crippen LogP contribution in [-0.4, -0.2) is 58.3 Å². The van der Waals surface area contributed by atoms with Crippen LogP contribution in [0.5, 0.6) is 0 Å². The van der Waals surface area contributed by atoms with Crippen molar-refractivity contribution in [3.05, 3.63) is 60.8 Å². The van der Waals surface area contributed by atoms with Gasteiger partial charge in [0.05, 0.1) is 5.69 Å². The SMILES string of the molecule is CC(O)Nc1ccc(-c2ccnc(Nc3cccc(N4CCN(C(=O)C5CCC5)CC4)c3)n2)cc1. The number of aromatic nitrogens is 2. The molecule has 0 spiro atoms. The van der Waals surface area contributed by atoms with Gasteiger partial charge in [-0.2, -0.15) is 0 Å². The molecule has 1 aromatic heterocycles. The molecular formula is C27H32N6O2. The summed E-state index contributed by atoms with van der Waals surface area (Å²) in [4.78, 5) is 26.0. The van der Waals surface area contributed by atoms with E-state index in [1.807, 2.05) is 47.4 Å². The molecule has 8 heteroatoms. The van der Waals surface area contributed by atoms with Gasteiger partial charge in [0.15, 0.2) is 0 Å². The van der Waals surface area contributed by atoms with Crippen LogP contribution >= 0.6 is 0 Å². The van der Waals surface area contributed by atoms with Gasteiger partial charge in [0.1, 0.15) is 6.23 Å². The molecule has 35 heavy (non-hydrogen) atoms. The van der Waals surface area contributed by atoms with Gasteiger partial charge in [-0.1, -0.05) is 24.6 Å². The van der Waals surface area contributed by atoms with Crippen LogP contribution < -0.4 is 15.5 Å². The lowest BCUT2D eigenvalue weighted by Gasteiger charge is -2.39. The van der Waals surface area contributed by atoms with Gasteiger partial charge in [-0.3, -0.25) is 4.79 Å². The molecule has 3 N–H and O–H groups in total. The molecule has 1 atom stereocenters. The van der Waals surface area contributed by atoms with E-state index in [9.17, 15) is 9.90 Å². The highest BCUT2D eigenvalue weighted by molar-refractivity contribution is 5.80. The number of nitrogens with one attached hydrogen (secondary N) is 2. The molecule has 2 heterocycles. The standard InChI is InChI=1S/C27H32N6O2/c1-19(34)29-22-10-8-20(9-11-22)25-12-13-28-27(31-25)30-23-6-3-7-24(18-23)32-14-16-33(17-15-32)26(35)21-4-2-5-21/h3,6-13,18-19,21,29,34H,2,4-5,14-17H2,1H3,(H,28,30,31). The van der Waals surface area contributed by atoms with Crippen LogP contribution in [-0.2, 0) is 4.79 Å². The van der Waals surface area contributed by atoms with Gasteiger partial charge in [-0.25, -0.2) is 9.97 Å². The number of aliphatic hydroxyl groups excluding tert-OH is 1. The van der Waals surface area contributed by atoms with Crippen LogP contribution in [0.15, 0.2) is 60.8 Å². The smallest absolute Gasteiger partial charge is 0.227 e. The largest absolute Gasteiger partial charge is 0.374 e. The Labute approximate surface area is 206 Å². The number of nitrogens with zero attached hydrogens (tertiary/aromatic N) is 4. The van der Waals surface area contributed by atoms with Gasteiger partial charge in [0.25, 0.3) is 0 Å². The van der Waals surface area contributed by atoms with Gasteiger partial charge in [-0.05, 0) is 56.2 Å². The van der Waals surface area contributed by atoms with Crippen molar-refractivity contribution in [3.63, 3.8) is 0 Å². The first-order valence-corrected chi connectivity index (χ1v) is 12.3.